The molecule has 1 saturated heterocycles. The Morgan fingerprint density at radius 2 is 1.64 bits per heavy atom. The Labute approximate surface area is 158 Å². The number of halogens is 6. The van der Waals surface area contributed by atoms with Crippen LogP contribution in [0.2, 0.25) is 0 Å². The minimum atomic E-state index is -4.52. The van der Waals surface area contributed by atoms with Gasteiger partial charge in [0.15, 0.2) is 0 Å². The van der Waals surface area contributed by atoms with Crippen LogP contribution >= 0.6 is 0 Å². The van der Waals surface area contributed by atoms with E-state index in [1.807, 2.05) is 4.90 Å². The van der Waals surface area contributed by atoms with Gasteiger partial charge in [0, 0.05) is 30.9 Å². The molecule has 0 aliphatic carbocycles. The van der Waals surface area contributed by atoms with E-state index >= 15 is 0 Å². The number of hydrogen-bond donors (Lipinski definition) is 2. The second kappa shape index (κ2) is 7.44. The normalized spacial score (nSPS) is 16.3. The maximum Gasteiger partial charge on any atom is 0.418 e. The highest BCUT2D eigenvalue weighted by atomic mass is 19.4. The number of nitrogen functional groups attached to an aromatic ring is 1. The van der Waals surface area contributed by atoms with Gasteiger partial charge in [-0.25, -0.2) is 0 Å². The van der Waals surface area contributed by atoms with Crippen LogP contribution in [0.4, 0.5) is 43.4 Å². The van der Waals surface area contributed by atoms with Crippen LogP contribution in [0.15, 0.2) is 36.4 Å². The number of anilines is 3. The third kappa shape index (κ3) is 4.45. The summed E-state index contributed by atoms with van der Waals surface area (Å²) in [5, 5.41) is 3.05. The molecular weight excluding hydrogens is 384 g/mol. The molecule has 1 fully saturated rings. The Morgan fingerprint density at radius 3 is 2.18 bits per heavy atom. The number of piperidine rings is 1. The number of nitrogens with two attached hydrogens (primary N) is 1. The Bertz CT molecular complexity index is 806. The first-order valence-corrected chi connectivity index (χ1v) is 8.62. The van der Waals surface area contributed by atoms with E-state index < -0.39 is 23.5 Å². The monoisotopic (exact) mass is 402 g/mol. The predicted molar refractivity (Wildman–Crippen MR) is 95.0 cm³/mol. The molecule has 1 heterocycles. The average molecular weight is 402 g/mol. The summed E-state index contributed by atoms with van der Waals surface area (Å²) in [5.74, 6) is 0. The Morgan fingerprint density at radius 1 is 0.964 bits per heavy atom. The van der Waals surface area contributed by atoms with Gasteiger partial charge in [-0.1, -0.05) is 6.07 Å². The van der Waals surface area contributed by atoms with E-state index in [0.29, 0.717) is 31.6 Å². The van der Waals surface area contributed by atoms with Gasteiger partial charge >= 0.3 is 12.4 Å². The topological polar surface area (TPSA) is 41.3 Å². The van der Waals surface area contributed by atoms with Crippen molar-refractivity contribution >= 4 is 17.1 Å². The number of alkyl halides is 6. The molecule has 2 aromatic carbocycles. The molecule has 3 N–H and O–H groups in total. The van der Waals surface area contributed by atoms with Crippen LogP contribution < -0.4 is 16.0 Å². The molecule has 1 aliphatic heterocycles. The van der Waals surface area contributed by atoms with E-state index in [2.05, 4.69) is 11.4 Å². The van der Waals surface area contributed by atoms with Crippen molar-refractivity contribution in [2.24, 2.45) is 0 Å². The molecule has 3 nitrogen and oxygen atoms in total. The molecule has 28 heavy (non-hydrogen) atoms. The summed E-state index contributed by atoms with van der Waals surface area (Å²) in [6.07, 6.45) is -7.73. The lowest BCUT2D eigenvalue weighted by Gasteiger charge is -2.34. The largest absolute Gasteiger partial charge is 0.418 e. The lowest BCUT2D eigenvalue weighted by molar-refractivity contribution is -0.138. The van der Waals surface area contributed by atoms with Gasteiger partial charge in [0.1, 0.15) is 0 Å². The molecule has 0 amide bonds. The molecule has 0 aromatic heterocycles. The van der Waals surface area contributed by atoms with E-state index in [4.69, 9.17) is 5.73 Å². The fourth-order valence-corrected chi connectivity index (χ4v) is 3.21. The van der Waals surface area contributed by atoms with E-state index in [0.717, 1.165) is 18.2 Å². The summed E-state index contributed by atoms with van der Waals surface area (Å²) >= 11 is 0. The SMILES string of the molecule is Nc1c(NC2CCN(c3[c]cc(C(F)(F)F)cc3)CC2)cccc1C(F)(F)F. The van der Waals surface area contributed by atoms with Crippen LogP contribution in [-0.4, -0.2) is 19.1 Å². The molecule has 9 heteroatoms. The quantitative estimate of drug-likeness (QED) is 0.549. The maximum absolute atomic E-state index is 13.0. The fourth-order valence-electron chi connectivity index (χ4n) is 3.21. The highest BCUT2D eigenvalue weighted by Gasteiger charge is 2.34. The molecule has 3 rings (SSSR count). The van der Waals surface area contributed by atoms with E-state index in [1.165, 1.54) is 18.2 Å². The zero-order chi connectivity index (χ0) is 20.5. The second-order valence-electron chi connectivity index (χ2n) is 6.63. The number of rotatable bonds is 3. The van der Waals surface area contributed by atoms with Gasteiger partial charge in [-0.3, -0.25) is 0 Å². The first-order valence-electron chi connectivity index (χ1n) is 8.62. The van der Waals surface area contributed by atoms with Gasteiger partial charge in [-0.2, -0.15) is 26.3 Å². The molecule has 2 aromatic rings. The number of nitrogens with zero attached hydrogens (tertiary/aromatic N) is 1. The van der Waals surface area contributed by atoms with Gasteiger partial charge in [0.2, 0.25) is 0 Å². The van der Waals surface area contributed by atoms with Crippen LogP contribution in [0.25, 0.3) is 0 Å². The van der Waals surface area contributed by atoms with Gasteiger partial charge in [0.25, 0.3) is 0 Å². The maximum atomic E-state index is 13.0. The average Bonchev–Trinajstić information content (AvgIpc) is 2.62. The summed E-state index contributed by atoms with van der Waals surface area (Å²) in [4.78, 5) is 1.90. The summed E-state index contributed by atoms with van der Waals surface area (Å²) < 4.78 is 76.8. The summed E-state index contributed by atoms with van der Waals surface area (Å²) in [5.41, 5.74) is 4.48. The van der Waals surface area contributed by atoms with Crippen molar-refractivity contribution in [3.63, 3.8) is 0 Å². The first-order chi connectivity index (χ1) is 13.1. The van der Waals surface area contributed by atoms with Crippen LogP contribution in [0.5, 0.6) is 0 Å². The van der Waals surface area contributed by atoms with Crippen LogP contribution in [-0.2, 0) is 12.4 Å². The number of benzene rings is 2. The van der Waals surface area contributed by atoms with Gasteiger partial charge in [0.05, 0.1) is 22.5 Å². The Kier molecular flexibility index (Phi) is 5.36. The number of nitrogens with one attached hydrogen (secondary N) is 1. The van der Waals surface area contributed by atoms with E-state index in [1.54, 1.807) is 0 Å². The molecular formula is C19H18F6N3. The van der Waals surface area contributed by atoms with Crippen LogP contribution in [0, 0.1) is 6.07 Å². The molecule has 0 saturated carbocycles. The van der Waals surface area contributed by atoms with Crippen LogP contribution in [0.1, 0.15) is 24.0 Å². The standard InChI is InChI=1S/C19H18F6N3/c20-18(21,22)12-4-6-14(7-5-12)28-10-8-13(9-11-28)27-16-3-1-2-15(17(16)26)19(23,24)25/h1-6,13,27H,8-11,26H2. The van der Waals surface area contributed by atoms with E-state index in [9.17, 15) is 26.3 Å². The van der Waals surface area contributed by atoms with Gasteiger partial charge in [-0.05, 0) is 43.2 Å². The smallest absolute Gasteiger partial charge is 0.397 e. The van der Waals surface area contributed by atoms with Crippen molar-refractivity contribution in [2.45, 2.75) is 31.2 Å². The molecule has 0 atom stereocenters. The van der Waals surface area contributed by atoms with Crippen molar-refractivity contribution in [1.29, 1.82) is 0 Å². The summed E-state index contributed by atoms with van der Waals surface area (Å²) in [6, 6.07) is 9.61. The first kappa shape index (κ1) is 20.2. The van der Waals surface area contributed by atoms with E-state index in [-0.39, 0.29) is 17.4 Å². The highest BCUT2D eigenvalue weighted by molar-refractivity contribution is 5.71. The fraction of sp³-hybridized carbons (Fsp3) is 0.368. The minimum absolute atomic E-state index is 0.0866. The minimum Gasteiger partial charge on any atom is -0.397 e. The molecule has 1 radical (unpaired) electrons. The van der Waals surface area contributed by atoms with Gasteiger partial charge in [-0.15, -0.1) is 0 Å². The summed E-state index contributed by atoms with van der Waals surface area (Å²) in [7, 11) is 0. The van der Waals surface area contributed by atoms with Crippen molar-refractivity contribution < 1.29 is 26.3 Å². The van der Waals surface area contributed by atoms with Crippen molar-refractivity contribution in [3.05, 3.63) is 53.6 Å². The molecule has 0 unspecified atom stereocenters. The molecule has 0 spiro atoms. The zero-order valence-electron chi connectivity index (χ0n) is 14.7. The van der Waals surface area contributed by atoms with Crippen molar-refractivity contribution in [2.75, 3.05) is 29.0 Å². The van der Waals surface area contributed by atoms with Crippen molar-refractivity contribution in [1.82, 2.24) is 0 Å². The lowest BCUT2D eigenvalue weighted by atomic mass is 10.0. The zero-order valence-corrected chi connectivity index (χ0v) is 14.7. The Balaban J connectivity index is 1.62. The predicted octanol–water partition coefficient (Wildman–Crippen LogP) is 5.19. The molecule has 151 valence electrons. The number of para-hydroxylation sites is 1. The van der Waals surface area contributed by atoms with Crippen LogP contribution in [0.3, 0.4) is 0 Å². The third-order valence-corrected chi connectivity index (χ3v) is 4.73. The highest BCUT2D eigenvalue weighted by Crippen LogP contribution is 2.37. The summed E-state index contributed by atoms with van der Waals surface area (Å²) in [6.45, 7) is 1.08. The van der Waals surface area contributed by atoms with Crippen molar-refractivity contribution in [3.8, 4) is 0 Å². The Hall–Kier alpha value is -2.58. The third-order valence-electron chi connectivity index (χ3n) is 4.73. The molecule has 1 aliphatic rings. The lowest BCUT2D eigenvalue weighted by Crippen LogP contribution is -2.39. The van der Waals surface area contributed by atoms with Gasteiger partial charge < -0.3 is 16.0 Å². The molecule has 0 bridgehead atoms. The number of hydrogen-bond acceptors (Lipinski definition) is 3. The second-order valence-corrected chi connectivity index (χ2v) is 6.63.